The molecule has 2 aliphatic rings. The molecule has 2 unspecified atom stereocenters. The zero-order chi connectivity index (χ0) is 13.1. The average Bonchev–Trinajstić information content (AvgIpc) is 2.41. The second-order valence-corrected chi connectivity index (χ2v) is 7.05. The molecule has 2 nitrogen and oxygen atoms in total. The van der Waals surface area contributed by atoms with Crippen LogP contribution in [0, 0.1) is 17.8 Å². The lowest BCUT2D eigenvalue weighted by atomic mass is 9.77. The second kappa shape index (κ2) is 6.29. The van der Waals surface area contributed by atoms with E-state index in [2.05, 4.69) is 47.0 Å². The van der Waals surface area contributed by atoms with Crippen LogP contribution in [0.5, 0.6) is 0 Å². The van der Waals surface area contributed by atoms with E-state index in [-0.39, 0.29) is 0 Å². The molecule has 104 valence electrons. The van der Waals surface area contributed by atoms with Gasteiger partial charge >= 0.3 is 0 Å². The number of likely N-dealkylation sites (tertiary alicyclic amines) is 1. The third-order valence-electron chi connectivity index (χ3n) is 4.61. The van der Waals surface area contributed by atoms with E-state index in [4.69, 9.17) is 5.73 Å². The Morgan fingerprint density at radius 2 is 1.79 bits per heavy atom. The predicted molar refractivity (Wildman–Crippen MR) is 83.2 cm³/mol. The number of nitrogens with two attached hydrogens (primary N) is 1. The van der Waals surface area contributed by atoms with Crippen LogP contribution in [-0.2, 0) is 6.54 Å². The molecule has 2 aliphatic heterocycles. The molecule has 2 N–H and O–H groups in total. The standard InChI is InChI=1S/C16H24N2S/c17-7-6-16-14-9-18(10-15(16)12-19-11-14)8-13-4-2-1-3-5-13/h1-5,14-16H,6-12,17H2. The van der Waals surface area contributed by atoms with Crippen LogP contribution in [0.25, 0.3) is 0 Å². The quantitative estimate of drug-likeness (QED) is 0.916. The highest BCUT2D eigenvalue weighted by Gasteiger charge is 2.38. The SMILES string of the molecule is NCCC1C2CSCC1CN(Cc1ccccc1)C2. The Hall–Kier alpha value is -0.510. The zero-order valence-corrected chi connectivity index (χ0v) is 12.3. The Morgan fingerprint density at radius 3 is 2.42 bits per heavy atom. The molecule has 1 aromatic carbocycles. The van der Waals surface area contributed by atoms with Crippen molar-refractivity contribution < 1.29 is 0 Å². The molecule has 1 aromatic rings. The zero-order valence-electron chi connectivity index (χ0n) is 11.5. The molecule has 2 fully saturated rings. The molecule has 0 spiro atoms. The molecule has 0 amide bonds. The van der Waals surface area contributed by atoms with E-state index in [9.17, 15) is 0 Å². The van der Waals surface area contributed by atoms with Crippen molar-refractivity contribution >= 4 is 11.8 Å². The van der Waals surface area contributed by atoms with Crippen molar-refractivity contribution in [2.75, 3.05) is 31.1 Å². The highest BCUT2D eigenvalue weighted by atomic mass is 32.2. The Bertz CT molecular complexity index is 381. The molecule has 2 saturated heterocycles. The molecular formula is C16H24N2S. The number of nitrogens with zero attached hydrogens (tertiary/aromatic N) is 1. The predicted octanol–water partition coefficient (Wildman–Crippen LogP) is 2.45. The third kappa shape index (κ3) is 3.15. The van der Waals surface area contributed by atoms with E-state index < -0.39 is 0 Å². The van der Waals surface area contributed by atoms with E-state index >= 15 is 0 Å². The summed E-state index contributed by atoms with van der Waals surface area (Å²) in [6.45, 7) is 4.51. The smallest absolute Gasteiger partial charge is 0.0233 e. The summed E-state index contributed by atoms with van der Waals surface area (Å²) in [7, 11) is 0. The molecular weight excluding hydrogens is 252 g/mol. The monoisotopic (exact) mass is 276 g/mol. The van der Waals surface area contributed by atoms with Gasteiger partial charge in [0.25, 0.3) is 0 Å². The van der Waals surface area contributed by atoms with Crippen molar-refractivity contribution in [2.24, 2.45) is 23.5 Å². The number of benzene rings is 1. The number of rotatable bonds is 4. The molecule has 0 radical (unpaired) electrons. The lowest BCUT2D eigenvalue weighted by Crippen LogP contribution is -2.50. The van der Waals surface area contributed by atoms with Crippen LogP contribution < -0.4 is 5.73 Å². The van der Waals surface area contributed by atoms with Crippen LogP contribution >= 0.6 is 11.8 Å². The van der Waals surface area contributed by atoms with E-state index in [1.807, 2.05) is 0 Å². The van der Waals surface area contributed by atoms with Crippen LogP contribution in [0.4, 0.5) is 0 Å². The van der Waals surface area contributed by atoms with Gasteiger partial charge in [0.1, 0.15) is 0 Å². The maximum absolute atomic E-state index is 5.80. The first-order chi connectivity index (χ1) is 9.36. The van der Waals surface area contributed by atoms with Gasteiger partial charge in [-0.15, -0.1) is 0 Å². The second-order valence-electron chi connectivity index (χ2n) is 5.98. The van der Waals surface area contributed by atoms with Crippen molar-refractivity contribution in [1.82, 2.24) is 4.90 Å². The van der Waals surface area contributed by atoms with Crippen LogP contribution in [0.2, 0.25) is 0 Å². The fourth-order valence-electron chi connectivity index (χ4n) is 3.75. The number of hydrogen-bond acceptors (Lipinski definition) is 3. The topological polar surface area (TPSA) is 29.3 Å². The fraction of sp³-hybridized carbons (Fsp3) is 0.625. The number of thioether (sulfide) groups is 1. The maximum Gasteiger partial charge on any atom is 0.0233 e. The van der Waals surface area contributed by atoms with Crippen LogP contribution in [0.15, 0.2) is 30.3 Å². The van der Waals surface area contributed by atoms with Gasteiger partial charge in [0.2, 0.25) is 0 Å². The summed E-state index contributed by atoms with van der Waals surface area (Å²) in [5, 5.41) is 0. The van der Waals surface area contributed by atoms with Gasteiger partial charge in [-0.3, -0.25) is 4.90 Å². The summed E-state index contributed by atoms with van der Waals surface area (Å²) in [5.41, 5.74) is 7.25. The van der Waals surface area contributed by atoms with E-state index in [1.165, 1.54) is 36.6 Å². The van der Waals surface area contributed by atoms with Crippen molar-refractivity contribution in [3.8, 4) is 0 Å². The minimum atomic E-state index is 0.862. The largest absolute Gasteiger partial charge is 0.330 e. The Morgan fingerprint density at radius 1 is 1.11 bits per heavy atom. The maximum atomic E-state index is 5.80. The van der Waals surface area contributed by atoms with Crippen LogP contribution in [0.1, 0.15) is 12.0 Å². The molecule has 3 heteroatoms. The van der Waals surface area contributed by atoms with Gasteiger partial charge in [-0.1, -0.05) is 30.3 Å². The van der Waals surface area contributed by atoms with Crippen LogP contribution in [-0.4, -0.2) is 36.0 Å². The van der Waals surface area contributed by atoms with Gasteiger partial charge in [-0.25, -0.2) is 0 Å². The number of fused-ring (bicyclic) bond motifs is 2. The summed E-state index contributed by atoms with van der Waals surface area (Å²) in [6, 6.07) is 10.9. The van der Waals surface area contributed by atoms with Crippen LogP contribution in [0.3, 0.4) is 0 Å². The van der Waals surface area contributed by atoms with Crippen molar-refractivity contribution in [1.29, 1.82) is 0 Å². The summed E-state index contributed by atoms with van der Waals surface area (Å²) in [6.07, 6.45) is 1.23. The number of hydrogen-bond donors (Lipinski definition) is 1. The Labute approximate surface area is 120 Å². The van der Waals surface area contributed by atoms with E-state index in [0.717, 1.165) is 30.8 Å². The van der Waals surface area contributed by atoms with Crippen molar-refractivity contribution in [3.63, 3.8) is 0 Å². The minimum Gasteiger partial charge on any atom is -0.330 e. The Kier molecular flexibility index (Phi) is 4.46. The fourth-order valence-corrected chi connectivity index (χ4v) is 5.20. The van der Waals surface area contributed by atoms with Gasteiger partial charge in [0.15, 0.2) is 0 Å². The summed E-state index contributed by atoms with van der Waals surface area (Å²) >= 11 is 2.16. The highest BCUT2D eigenvalue weighted by Crippen LogP contribution is 2.40. The normalized spacial score (nSPS) is 31.3. The first-order valence-electron chi connectivity index (χ1n) is 7.41. The van der Waals surface area contributed by atoms with Gasteiger partial charge < -0.3 is 5.73 Å². The molecule has 0 aliphatic carbocycles. The van der Waals surface area contributed by atoms with Gasteiger partial charge in [-0.05, 0) is 47.8 Å². The lowest BCUT2D eigenvalue weighted by Gasteiger charge is -2.47. The molecule has 3 rings (SSSR count). The van der Waals surface area contributed by atoms with Gasteiger partial charge in [-0.2, -0.15) is 11.8 Å². The van der Waals surface area contributed by atoms with Crippen molar-refractivity contribution in [2.45, 2.75) is 13.0 Å². The minimum absolute atomic E-state index is 0.862. The first kappa shape index (κ1) is 13.5. The Balaban J connectivity index is 1.64. The molecule has 0 saturated carbocycles. The molecule has 2 heterocycles. The molecule has 2 bridgehead atoms. The van der Waals surface area contributed by atoms with Crippen molar-refractivity contribution in [3.05, 3.63) is 35.9 Å². The summed E-state index contributed by atoms with van der Waals surface area (Å²) < 4.78 is 0. The molecule has 2 atom stereocenters. The summed E-state index contributed by atoms with van der Waals surface area (Å²) in [5.74, 6) is 5.30. The van der Waals surface area contributed by atoms with Gasteiger partial charge in [0, 0.05) is 19.6 Å². The first-order valence-corrected chi connectivity index (χ1v) is 8.56. The molecule has 19 heavy (non-hydrogen) atoms. The number of piperidine rings is 1. The van der Waals surface area contributed by atoms with Gasteiger partial charge in [0.05, 0.1) is 0 Å². The average molecular weight is 276 g/mol. The van der Waals surface area contributed by atoms with E-state index in [1.54, 1.807) is 0 Å². The lowest BCUT2D eigenvalue weighted by molar-refractivity contribution is 0.0687. The van der Waals surface area contributed by atoms with E-state index in [0.29, 0.717) is 0 Å². The third-order valence-corrected chi connectivity index (χ3v) is 5.94. The summed E-state index contributed by atoms with van der Waals surface area (Å²) in [4.78, 5) is 2.66. The molecule has 0 aromatic heterocycles. The highest BCUT2D eigenvalue weighted by molar-refractivity contribution is 7.99.